The molecule has 27 heavy (non-hydrogen) atoms. The largest absolute Gasteiger partial charge is 0.379 e. The number of aromatic nitrogens is 1. The van der Waals surface area contributed by atoms with E-state index in [1.807, 2.05) is 7.05 Å². The summed E-state index contributed by atoms with van der Waals surface area (Å²) < 4.78 is 5.46. The third-order valence-corrected chi connectivity index (χ3v) is 5.64. The Bertz CT molecular complexity index is 591. The molecule has 1 aliphatic heterocycles. The topological polar surface area (TPSA) is 61.8 Å². The van der Waals surface area contributed by atoms with Crippen LogP contribution in [-0.4, -0.2) is 67.8 Å². The first-order chi connectivity index (χ1) is 12.2. The first-order valence-electron chi connectivity index (χ1n) is 9.44. The molecule has 1 fully saturated rings. The first-order valence-corrected chi connectivity index (χ1v) is 10.3. The van der Waals surface area contributed by atoms with Gasteiger partial charge in [0.1, 0.15) is 0 Å². The van der Waals surface area contributed by atoms with Crippen molar-refractivity contribution < 1.29 is 4.74 Å². The van der Waals surface area contributed by atoms with E-state index in [9.17, 15) is 0 Å². The molecular weight excluding hydrogens is 473 g/mol. The zero-order valence-electron chi connectivity index (χ0n) is 17.6. The van der Waals surface area contributed by atoms with Crippen LogP contribution in [0.15, 0.2) is 10.4 Å². The van der Waals surface area contributed by atoms with Gasteiger partial charge in [0.2, 0.25) is 0 Å². The Kier molecular flexibility index (Phi) is 9.95. The van der Waals surface area contributed by atoms with E-state index in [0.29, 0.717) is 0 Å². The summed E-state index contributed by atoms with van der Waals surface area (Å²) in [5.41, 5.74) is 1.36. The van der Waals surface area contributed by atoms with Crippen molar-refractivity contribution in [2.45, 2.75) is 52.0 Å². The molecule has 0 bridgehead atoms. The molecule has 0 amide bonds. The number of nitrogens with one attached hydrogen (secondary N) is 2. The van der Waals surface area contributed by atoms with Gasteiger partial charge in [-0.2, -0.15) is 0 Å². The van der Waals surface area contributed by atoms with Gasteiger partial charge in [-0.25, -0.2) is 4.98 Å². The van der Waals surface area contributed by atoms with Crippen molar-refractivity contribution in [1.29, 1.82) is 0 Å². The molecule has 2 rings (SSSR count). The van der Waals surface area contributed by atoms with Gasteiger partial charge in [-0.1, -0.05) is 20.8 Å². The Morgan fingerprint density at radius 1 is 1.22 bits per heavy atom. The maximum atomic E-state index is 5.46. The second kappa shape index (κ2) is 10.9. The molecule has 0 saturated carbocycles. The minimum atomic E-state index is 0. The van der Waals surface area contributed by atoms with Gasteiger partial charge in [-0.05, 0) is 13.8 Å². The van der Waals surface area contributed by atoms with E-state index in [4.69, 9.17) is 9.72 Å². The Morgan fingerprint density at radius 3 is 2.44 bits per heavy atom. The normalized spacial score (nSPS) is 16.7. The standard InChI is InChI=1S/C19H35N5OS.HI/c1-18(2,3)15-13-26-16(23-15)7-8-21-17(20-6)22-14-19(4,5)24-9-11-25-12-10-24;/h13H,7-12,14H2,1-6H3,(H2,20,21,22);1H. The lowest BCUT2D eigenvalue weighted by molar-refractivity contribution is -0.00833. The van der Waals surface area contributed by atoms with Crippen LogP contribution in [0.2, 0.25) is 0 Å². The molecule has 156 valence electrons. The maximum absolute atomic E-state index is 5.46. The molecule has 1 aliphatic rings. The SMILES string of the molecule is CN=C(NCCc1nc(C(C)(C)C)cs1)NCC(C)(C)N1CCOCC1.I. The fourth-order valence-corrected chi connectivity index (χ4v) is 3.88. The number of nitrogens with zero attached hydrogens (tertiary/aromatic N) is 3. The van der Waals surface area contributed by atoms with E-state index < -0.39 is 0 Å². The summed E-state index contributed by atoms with van der Waals surface area (Å²) in [4.78, 5) is 11.6. The molecule has 0 radical (unpaired) electrons. The average molecular weight is 510 g/mol. The average Bonchev–Trinajstić information content (AvgIpc) is 3.08. The van der Waals surface area contributed by atoms with Crippen molar-refractivity contribution in [2.75, 3.05) is 46.4 Å². The number of ether oxygens (including phenoxy) is 1. The minimum Gasteiger partial charge on any atom is -0.379 e. The molecule has 1 saturated heterocycles. The van der Waals surface area contributed by atoms with E-state index in [-0.39, 0.29) is 34.9 Å². The van der Waals surface area contributed by atoms with Crippen LogP contribution in [0.3, 0.4) is 0 Å². The second-order valence-corrected chi connectivity index (χ2v) is 9.33. The number of guanidine groups is 1. The Labute approximate surface area is 185 Å². The van der Waals surface area contributed by atoms with E-state index in [1.165, 1.54) is 10.7 Å². The number of hydrogen-bond donors (Lipinski definition) is 2. The number of rotatable bonds is 6. The summed E-state index contributed by atoms with van der Waals surface area (Å²) in [7, 11) is 1.82. The fraction of sp³-hybridized carbons (Fsp3) is 0.789. The van der Waals surface area contributed by atoms with Gasteiger partial charge < -0.3 is 15.4 Å². The summed E-state index contributed by atoms with van der Waals surface area (Å²) in [6.45, 7) is 16.4. The van der Waals surface area contributed by atoms with Crippen LogP contribution in [0.4, 0.5) is 0 Å². The lowest BCUT2D eigenvalue weighted by Crippen LogP contribution is -2.56. The molecule has 0 aliphatic carbocycles. The van der Waals surface area contributed by atoms with Crippen LogP contribution in [0.1, 0.15) is 45.3 Å². The van der Waals surface area contributed by atoms with E-state index in [1.54, 1.807) is 11.3 Å². The smallest absolute Gasteiger partial charge is 0.191 e. The lowest BCUT2D eigenvalue weighted by Gasteiger charge is -2.41. The Hall–Kier alpha value is -0.450. The third kappa shape index (κ3) is 7.83. The van der Waals surface area contributed by atoms with Gasteiger partial charge in [-0.3, -0.25) is 9.89 Å². The summed E-state index contributed by atoms with van der Waals surface area (Å²) in [6, 6.07) is 0. The van der Waals surface area contributed by atoms with Crippen LogP contribution in [-0.2, 0) is 16.6 Å². The summed E-state index contributed by atoms with van der Waals surface area (Å²) >= 11 is 1.74. The zero-order chi connectivity index (χ0) is 19.2. The molecule has 0 spiro atoms. The van der Waals surface area contributed by atoms with Gasteiger partial charge in [0.15, 0.2) is 5.96 Å². The Morgan fingerprint density at radius 2 is 1.89 bits per heavy atom. The van der Waals surface area contributed by atoms with Crippen molar-refractivity contribution in [3.05, 3.63) is 16.1 Å². The highest BCUT2D eigenvalue weighted by molar-refractivity contribution is 14.0. The maximum Gasteiger partial charge on any atom is 0.191 e. The highest BCUT2D eigenvalue weighted by Crippen LogP contribution is 2.23. The number of thiazole rings is 1. The monoisotopic (exact) mass is 509 g/mol. The summed E-state index contributed by atoms with van der Waals surface area (Å²) in [6.07, 6.45) is 0.911. The van der Waals surface area contributed by atoms with Crippen molar-refractivity contribution in [3.8, 4) is 0 Å². The van der Waals surface area contributed by atoms with Gasteiger partial charge in [0.05, 0.1) is 23.9 Å². The quantitative estimate of drug-likeness (QED) is 0.351. The molecule has 0 unspecified atom stereocenters. The molecule has 0 atom stereocenters. The van der Waals surface area contributed by atoms with Gasteiger partial charge >= 0.3 is 0 Å². The van der Waals surface area contributed by atoms with Crippen molar-refractivity contribution in [3.63, 3.8) is 0 Å². The zero-order valence-corrected chi connectivity index (χ0v) is 20.7. The molecule has 2 heterocycles. The van der Waals surface area contributed by atoms with Gasteiger partial charge in [0.25, 0.3) is 0 Å². The minimum absolute atomic E-state index is 0. The second-order valence-electron chi connectivity index (χ2n) is 8.39. The van der Waals surface area contributed by atoms with Gasteiger partial charge in [-0.15, -0.1) is 35.3 Å². The lowest BCUT2D eigenvalue weighted by atomic mass is 9.93. The molecule has 1 aromatic heterocycles. The fourth-order valence-electron chi connectivity index (χ4n) is 2.86. The Balaban J connectivity index is 0.00000364. The number of aliphatic imine (C=N–C) groups is 1. The predicted octanol–water partition coefficient (Wildman–Crippen LogP) is 2.88. The van der Waals surface area contributed by atoms with E-state index in [0.717, 1.165) is 51.8 Å². The first kappa shape index (κ1) is 24.6. The van der Waals surface area contributed by atoms with Crippen molar-refractivity contribution >= 4 is 41.3 Å². The van der Waals surface area contributed by atoms with E-state index in [2.05, 4.69) is 60.5 Å². The number of hydrogen-bond acceptors (Lipinski definition) is 5. The summed E-state index contributed by atoms with van der Waals surface area (Å²) in [5.74, 6) is 0.846. The van der Waals surface area contributed by atoms with Crippen LogP contribution >= 0.6 is 35.3 Å². The molecule has 1 aromatic rings. The van der Waals surface area contributed by atoms with Crippen LogP contribution < -0.4 is 10.6 Å². The molecule has 2 N–H and O–H groups in total. The molecule has 0 aromatic carbocycles. The highest BCUT2D eigenvalue weighted by Gasteiger charge is 2.28. The van der Waals surface area contributed by atoms with Crippen LogP contribution in [0, 0.1) is 0 Å². The highest BCUT2D eigenvalue weighted by atomic mass is 127. The predicted molar refractivity (Wildman–Crippen MR) is 126 cm³/mol. The number of halogens is 1. The summed E-state index contributed by atoms with van der Waals surface area (Å²) in [5, 5.41) is 10.2. The third-order valence-electron chi connectivity index (χ3n) is 4.73. The van der Waals surface area contributed by atoms with Gasteiger partial charge in [0, 0.05) is 56.0 Å². The van der Waals surface area contributed by atoms with Crippen molar-refractivity contribution in [2.24, 2.45) is 4.99 Å². The molecule has 6 nitrogen and oxygen atoms in total. The van der Waals surface area contributed by atoms with Crippen LogP contribution in [0.25, 0.3) is 0 Å². The molecule has 8 heteroatoms. The van der Waals surface area contributed by atoms with Crippen LogP contribution in [0.5, 0.6) is 0 Å². The number of morpholine rings is 1. The van der Waals surface area contributed by atoms with E-state index >= 15 is 0 Å². The molecular formula is C19H36IN5OS. The van der Waals surface area contributed by atoms with Crippen molar-refractivity contribution in [1.82, 2.24) is 20.5 Å².